The fourth-order valence-corrected chi connectivity index (χ4v) is 10.2. The molecule has 4 aliphatic carbocycles. The largest absolute Gasteiger partial charge is 0.463 e. The average Bonchev–Trinajstić information content (AvgIpc) is 3.24. The minimum Gasteiger partial charge on any atom is -0.463 e. The topological polar surface area (TPSA) is 124 Å². The zero-order valence-corrected chi connectivity index (χ0v) is 34.2. The number of rotatable bonds is 20. The first kappa shape index (κ1) is 44.4. The highest BCUT2D eigenvalue weighted by molar-refractivity contribution is 5.81. The number of carbonyl (C=O) groups excluding carboxylic acids is 4. The van der Waals surface area contributed by atoms with Gasteiger partial charge in [-0.25, -0.2) is 9.59 Å². The summed E-state index contributed by atoms with van der Waals surface area (Å²) in [6.07, 6.45) is 27.3. The lowest BCUT2D eigenvalue weighted by Crippen LogP contribution is -2.46. The van der Waals surface area contributed by atoms with Gasteiger partial charge in [0.05, 0.1) is 38.3 Å². The normalized spacial score (nSPS) is 32.4. The molecule has 1 heterocycles. The molecule has 10 heteroatoms. The molecule has 10 nitrogen and oxygen atoms in total. The third-order valence-corrected chi connectivity index (χ3v) is 13.9. The number of carbonyl (C=O) groups is 4. The maximum absolute atomic E-state index is 13.3. The van der Waals surface area contributed by atoms with Crippen molar-refractivity contribution in [3.63, 3.8) is 0 Å². The van der Waals surface area contributed by atoms with E-state index in [1.165, 1.54) is 89.2 Å². The van der Waals surface area contributed by atoms with Gasteiger partial charge in [-0.3, -0.25) is 9.59 Å². The molecule has 4 saturated carbocycles. The number of ether oxygens (including phenoxy) is 6. The van der Waals surface area contributed by atoms with Crippen LogP contribution in [0.25, 0.3) is 0 Å². The van der Waals surface area contributed by atoms with E-state index in [9.17, 15) is 19.2 Å². The lowest BCUT2D eigenvalue weighted by Gasteiger charge is -2.35. The van der Waals surface area contributed by atoms with Gasteiger partial charge in [0.1, 0.15) is 0 Å². The molecule has 0 aromatic rings. The van der Waals surface area contributed by atoms with Gasteiger partial charge in [-0.2, -0.15) is 0 Å². The lowest BCUT2D eigenvalue weighted by molar-refractivity contribution is -0.305. The Bertz CT molecular complexity index is 1120. The molecule has 1 saturated heterocycles. The minimum atomic E-state index is -1.02. The maximum atomic E-state index is 13.3. The van der Waals surface area contributed by atoms with Crippen LogP contribution >= 0.6 is 0 Å². The number of hydrogen-bond donors (Lipinski definition) is 0. The van der Waals surface area contributed by atoms with Gasteiger partial charge in [0.25, 0.3) is 12.6 Å². The van der Waals surface area contributed by atoms with Crippen LogP contribution in [0, 0.1) is 47.3 Å². The zero-order chi connectivity index (χ0) is 39.5. The van der Waals surface area contributed by atoms with Crippen LogP contribution in [0.4, 0.5) is 0 Å². The van der Waals surface area contributed by atoms with Crippen LogP contribution in [0.1, 0.15) is 154 Å². The van der Waals surface area contributed by atoms with E-state index in [-0.39, 0.29) is 35.7 Å². The quantitative estimate of drug-likeness (QED) is 0.0510. The molecule has 2 atom stereocenters. The van der Waals surface area contributed by atoms with Crippen LogP contribution in [-0.2, 0) is 47.6 Å². The Morgan fingerprint density at radius 2 is 0.732 bits per heavy atom. The maximum Gasteiger partial charge on any atom is 0.330 e. The Kier molecular flexibility index (Phi) is 19.2. The molecule has 0 aromatic carbocycles. The Morgan fingerprint density at radius 3 is 1.04 bits per heavy atom. The molecule has 0 bridgehead atoms. The van der Waals surface area contributed by atoms with E-state index in [2.05, 4.69) is 13.2 Å². The van der Waals surface area contributed by atoms with Gasteiger partial charge in [0, 0.05) is 12.2 Å². The SMILES string of the molecule is C=CC(=O)OCCC[C@H]1CC[C@H](CCC2CCC(C(=O)O[C@H]3OCCO[C@@H]3OC(=O)[C@H]3CC[C@H](CC[C@H]4CC[C@H](CCCOC(=O)C=C)CC4)CC3)CC2)CC1. The van der Waals surface area contributed by atoms with Crippen LogP contribution in [-0.4, -0.2) is 62.9 Å². The zero-order valence-electron chi connectivity index (χ0n) is 34.2. The molecule has 56 heavy (non-hydrogen) atoms. The third kappa shape index (κ3) is 15.2. The van der Waals surface area contributed by atoms with Crippen molar-refractivity contribution in [3.8, 4) is 0 Å². The first-order valence-electron chi connectivity index (χ1n) is 22.5. The summed E-state index contributed by atoms with van der Waals surface area (Å²) < 4.78 is 33.4. The van der Waals surface area contributed by atoms with Crippen molar-refractivity contribution < 1.29 is 47.6 Å². The summed E-state index contributed by atoms with van der Waals surface area (Å²) in [6, 6.07) is 0. The summed E-state index contributed by atoms with van der Waals surface area (Å²) >= 11 is 0. The summed E-state index contributed by atoms with van der Waals surface area (Å²) in [5, 5.41) is 0. The summed E-state index contributed by atoms with van der Waals surface area (Å²) in [7, 11) is 0. The van der Waals surface area contributed by atoms with E-state index in [4.69, 9.17) is 28.4 Å². The molecule has 0 amide bonds. The Balaban J connectivity index is 0.905. The smallest absolute Gasteiger partial charge is 0.330 e. The van der Waals surface area contributed by atoms with Gasteiger partial charge in [0.2, 0.25) is 0 Å². The molecule has 5 rings (SSSR count). The molecule has 0 aromatic heterocycles. The van der Waals surface area contributed by atoms with Crippen molar-refractivity contribution in [2.75, 3.05) is 26.4 Å². The highest BCUT2D eigenvalue weighted by Crippen LogP contribution is 2.40. The second-order valence-corrected chi connectivity index (χ2v) is 17.7. The van der Waals surface area contributed by atoms with Crippen LogP contribution < -0.4 is 0 Å². The highest BCUT2D eigenvalue weighted by Gasteiger charge is 2.39. The van der Waals surface area contributed by atoms with Crippen LogP contribution in [0.2, 0.25) is 0 Å². The van der Waals surface area contributed by atoms with E-state index in [1.807, 2.05) is 0 Å². The molecule has 316 valence electrons. The first-order chi connectivity index (χ1) is 27.3. The van der Waals surface area contributed by atoms with Gasteiger partial charge in [0.15, 0.2) is 0 Å². The first-order valence-corrected chi connectivity index (χ1v) is 22.5. The lowest BCUT2D eigenvalue weighted by atomic mass is 9.75. The molecular formula is C46H72O10. The Morgan fingerprint density at radius 1 is 0.446 bits per heavy atom. The molecule has 1 aliphatic heterocycles. The van der Waals surface area contributed by atoms with Gasteiger partial charge < -0.3 is 28.4 Å². The molecule has 5 aliphatic rings. The monoisotopic (exact) mass is 785 g/mol. The molecular weight excluding hydrogens is 712 g/mol. The third-order valence-electron chi connectivity index (χ3n) is 13.9. The van der Waals surface area contributed by atoms with E-state index in [0.717, 1.165) is 101 Å². The standard InChI is InChI=1S/C46H72O10/c1-3-41(47)51-29-5-7-33-9-13-35(14-10-33)17-19-37-21-25-39(26-22-37)43(49)55-45-46(54-32-31-53-45)56-44(50)40-27-23-38(24-28-40)20-18-36-15-11-34(12-16-36)8-6-30-52-42(48)4-2/h3-4,33-40,45-46H,1-2,5-32H2/t33-,34-,35-,36-,37-,38?,39-,40?,45-,46-/m1/s1. The van der Waals surface area contributed by atoms with Crippen molar-refractivity contribution in [3.05, 3.63) is 25.3 Å². The molecule has 0 spiro atoms. The van der Waals surface area contributed by atoms with E-state index < -0.39 is 12.6 Å². The highest BCUT2D eigenvalue weighted by atomic mass is 16.8. The van der Waals surface area contributed by atoms with Crippen molar-refractivity contribution in [2.24, 2.45) is 47.3 Å². The van der Waals surface area contributed by atoms with E-state index in [1.54, 1.807) is 0 Å². The minimum absolute atomic E-state index is 0.153. The molecule has 5 fully saturated rings. The summed E-state index contributed by atoms with van der Waals surface area (Å²) in [4.78, 5) is 48.9. The fourth-order valence-electron chi connectivity index (χ4n) is 10.2. The van der Waals surface area contributed by atoms with Crippen LogP contribution in [0.15, 0.2) is 25.3 Å². The Hall–Kier alpha value is -2.72. The summed E-state index contributed by atoms with van der Waals surface area (Å²) in [5.41, 5.74) is 0. The van der Waals surface area contributed by atoms with Gasteiger partial charge in [-0.1, -0.05) is 90.2 Å². The van der Waals surface area contributed by atoms with E-state index >= 15 is 0 Å². The summed E-state index contributed by atoms with van der Waals surface area (Å²) in [6.45, 7) is 8.46. The van der Waals surface area contributed by atoms with Crippen LogP contribution in [0.3, 0.4) is 0 Å². The van der Waals surface area contributed by atoms with E-state index in [0.29, 0.717) is 38.3 Å². The average molecular weight is 785 g/mol. The number of hydrogen-bond acceptors (Lipinski definition) is 10. The Labute approximate surface area is 336 Å². The van der Waals surface area contributed by atoms with Gasteiger partial charge in [-0.15, -0.1) is 0 Å². The fraction of sp³-hybridized carbons (Fsp3) is 0.826. The van der Waals surface area contributed by atoms with Crippen molar-refractivity contribution in [1.82, 2.24) is 0 Å². The second-order valence-electron chi connectivity index (χ2n) is 17.7. The van der Waals surface area contributed by atoms with Gasteiger partial charge in [-0.05, 0) is 113 Å². The summed E-state index contributed by atoms with van der Waals surface area (Å²) in [5.74, 6) is 2.91. The second kappa shape index (κ2) is 24.3. The van der Waals surface area contributed by atoms with Gasteiger partial charge >= 0.3 is 23.9 Å². The predicted octanol–water partition coefficient (Wildman–Crippen LogP) is 9.58. The van der Waals surface area contributed by atoms with Crippen LogP contribution in [0.5, 0.6) is 0 Å². The molecule has 0 unspecified atom stereocenters. The number of esters is 4. The van der Waals surface area contributed by atoms with Crippen molar-refractivity contribution in [1.29, 1.82) is 0 Å². The van der Waals surface area contributed by atoms with Crippen molar-refractivity contribution in [2.45, 2.75) is 167 Å². The predicted molar refractivity (Wildman–Crippen MR) is 213 cm³/mol. The molecule has 0 N–H and O–H groups in total. The van der Waals surface area contributed by atoms with Crippen molar-refractivity contribution >= 4 is 23.9 Å². The molecule has 0 radical (unpaired) electrons.